The smallest absolute Gasteiger partial charge is 0.221 e. The molecule has 3 aromatic rings. The molecule has 162 valence electrons. The van der Waals surface area contributed by atoms with Gasteiger partial charge in [-0.2, -0.15) is 5.10 Å². The van der Waals surface area contributed by atoms with E-state index < -0.39 is 9.84 Å². The van der Waals surface area contributed by atoms with Gasteiger partial charge in [-0.25, -0.2) is 8.42 Å². The Morgan fingerprint density at radius 3 is 2.65 bits per heavy atom. The van der Waals surface area contributed by atoms with Crippen LogP contribution in [0.25, 0.3) is 11.1 Å². The highest BCUT2D eigenvalue weighted by Crippen LogP contribution is 2.38. The van der Waals surface area contributed by atoms with Gasteiger partial charge in [0.1, 0.15) is 11.9 Å². The zero-order chi connectivity index (χ0) is 22.0. The molecule has 1 aliphatic heterocycles. The molecular weight excluding hydrogens is 414 g/mol. The van der Waals surface area contributed by atoms with Crippen LogP contribution in [0.2, 0.25) is 0 Å². The maximum atomic E-state index is 12.2. The van der Waals surface area contributed by atoms with E-state index in [1.165, 1.54) is 6.26 Å². The van der Waals surface area contributed by atoms with Crippen molar-refractivity contribution < 1.29 is 17.9 Å². The third-order valence-electron chi connectivity index (χ3n) is 5.29. The number of hydrogen-bond donors (Lipinski definition) is 1. The Kier molecular flexibility index (Phi) is 5.82. The van der Waals surface area contributed by atoms with Crippen LogP contribution >= 0.6 is 0 Å². The fourth-order valence-corrected chi connectivity index (χ4v) is 4.31. The molecule has 1 unspecified atom stereocenters. The van der Waals surface area contributed by atoms with Crippen LogP contribution in [0.1, 0.15) is 17.7 Å². The lowest BCUT2D eigenvalue weighted by atomic mass is 10.0. The molecule has 0 bridgehead atoms. The Morgan fingerprint density at radius 2 is 1.97 bits per heavy atom. The van der Waals surface area contributed by atoms with Crippen LogP contribution in [0.15, 0.2) is 59.6 Å². The van der Waals surface area contributed by atoms with Crippen molar-refractivity contribution in [1.29, 1.82) is 0 Å². The van der Waals surface area contributed by atoms with Crippen molar-refractivity contribution >= 4 is 15.7 Å². The highest BCUT2D eigenvalue weighted by Gasteiger charge is 2.26. The second-order valence-corrected chi connectivity index (χ2v) is 9.82. The number of carbonyl (C=O) groups is 1. The lowest BCUT2D eigenvalue weighted by molar-refractivity contribution is -0.121. The van der Waals surface area contributed by atoms with Gasteiger partial charge in [-0.15, -0.1) is 0 Å². The standard InChI is InChI=1S/C23H25N3O4S/c1-16-10-12-26(25-16)13-11-22(27)24-15-19-14-18-4-3-5-21(23(18)30-19)17-6-8-20(9-7-17)31(2,28)29/h3-10,12,19H,11,13-15H2,1-2H3,(H,24,27). The molecule has 1 N–H and O–H groups in total. The van der Waals surface area contributed by atoms with Gasteiger partial charge in [-0.3, -0.25) is 9.48 Å². The molecule has 1 aromatic heterocycles. The van der Waals surface area contributed by atoms with E-state index in [0.29, 0.717) is 25.9 Å². The molecule has 1 aliphatic rings. The highest BCUT2D eigenvalue weighted by molar-refractivity contribution is 7.90. The molecule has 2 heterocycles. The largest absolute Gasteiger partial charge is 0.487 e. The number of nitrogens with one attached hydrogen (secondary N) is 1. The van der Waals surface area contributed by atoms with Gasteiger partial charge in [-0.1, -0.05) is 30.3 Å². The van der Waals surface area contributed by atoms with E-state index in [1.807, 2.05) is 37.4 Å². The van der Waals surface area contributed by atoms with Gasteiger partial charge in [0.2, 0.25) is 5.91 Å². The number of aryl methyl sites for hydroxylation is 2. The zero-order valence-corrected chi connectivity index (χ0v) is 18.4. The fourth-order valence-electron chi connectivity index (χ4n) is 3.68. The molecule has 31 heavy (non-hydrogen) atoms. The first-order valence-electron chi connectivity index (χ1n) is 10.2. The number of rotatable bonds is 7. The number of sulfone groups is 1. The van der Waals surface area contributed by atoms with E-state index in [2.05, 4.69) is 10.4 Å². The zero-order valence-electron chi connectivity index (χ0n) is 17.5. The van der Waals surface area contributed by atoms with Gasteiger partial charge >= 0.3 is 0 Å². The van der Waals surface area contributed by atoms with Crippen LogP contribution in [0.4, 0.5) is 0 Å². The first-order chi connectivity index (χ1) is 14.8. The highest BCUT2D eigenvalue weighted by atomic mass is 32.2. The van der Waals surface area contributed by atoms with Crippen LogP contribution in [-0.4, -0.2) is 43.0 Å². The first-order valence-corrected chi connectivity index (χ1v) is 12.0. The van der Waals surface area contributed by atoms with Crippen molar-refractivity contribution in [3.05, 3.63) is 66.0 Å². The van der Waals surface area contributed by atoms with E-state index in [4.69, 9.17) is 4.74 Å². The van der Waals surface area contributed by atoms with Crippen LogP contribution < -0.4 is 10.1 Å². The molecule has 0 spiro atoms. The number of hydrogen-bond acceptors (Lipinski definition) is 5. The van der Waals surface area contributed by atoms with Crippen molar-refractivity contribution in [1.82, 2.24) is 15.1 Å². The summed E-state index contributed by atoms with van der Waals surface area (Å²) < 4.78 is 31.3. The minimum absolute atomic E-state index is 0.0377. The molecule has 0 aliphatic carbocycles. The minimum Gasteiger partial charge on any atom is -0.487 e. The molecule has 0 fully saturated rings. The van der Waals surface area contributed by atoms with Crippen LogP contribution in [0, 0.1) is 6.92 Å². The molecule has 0 saturated carbocycles. The Morgan fingerprint density at radius 1 is 1.19 bits per heavy atom. The molecule has 1 atom stereocenters. The lowest BCUT2D eigenvalue weighted by Crippen LogP contribution is -2.34. The maximum absolute atomic E-state index is 12.2. The SMILES string of the molecule is Cc1ccn(CCC(=O)NCC2Cc3cccc(-c4ccc(S(C)(=O)=O)cc4)c3O2)n1. The van der Waals surface area contributed by atoms with Crippen molar-refractivity contribution in [2.24, 2.45) is 0 Å². The summed E-state index contributed by atoms with van der Waals surface area (Å²) in [5.41, 5.74) is 3.82. The number of nitrogens with zero attached hydrogens (tertiary/aromatic N) is 2. The number of ether oxygens (including phenoxy) is 1. The summed E-state index contributed by atoms with van der Waals surface area (Å²) in [6, 6.07) is 14.7. The average molecular weight is 440 g/mol. The summed E-state index contributed by atoms with van der Waals surface area (Å²) >= 11 is 0. The Hall–Kier alpha value is -3.13. The molecule has 2 aromatic carbocycles. The summed E-state index contributed by atoms with van der Waals surface area (Å²) in [7, 11) is -3.24. The number of para-hydroxylation sites is 1. The fraction of sp³-hybridized carbons (Fsp3) is 0.304. The lowest BCUT2D eigenvalue weighted by Gasteiger charge is -2.14. The molecule has 8 heteroatoms. The molecule has 0 radical (unpaired) electrons. The van der Waals surface area contributed by atoms with E-state index in [9.17, 15) is 13.2 Å². The van der Waals surface area contributed by atoms with Gasteiger partial charge in [0.15, 0.2) is 9.84 Å². The predicted octanol–water partition coefficient (Wildman–Crippen LogP) is 2.77. The minimum atomic E-state index is -3.24. The number of carbonyl (C=O) groups excluding carboxylic acids is 1. The second kappa shape index (κ2) is 8.55. The number of benzene rings is 2. The van der Waals surface area contributed by atoms with E-state index >= 15 is 0 Å². The van der Waals surface area contributed by atoms with Crippen molar-refractivity contribution in [2.45, 2.75) is 37.3 Å². The maximum Gasteiger partial charge on any atom is 0.221 e. The van der Waals surface area contributed by atoms with Crippen LogP contribution in [-0.2, 0) is 27.6 Å². The Bertz CT molecular complexity index is 1200. The Labute approximate surface area is 182 Å². The summed E-state index contributed by atoms with van der Waals surface area (Å²) in [5, 5.41) is 7.23. The summed E-state index contributed by atoms with van der Waals surface area (Å²) in [6.07, 6.45) is 3.99. The van der Waals surface area contributed by atoms with Crippen molar-refractivity contribution in [3.63, 3.8) is 0 Å². The summed E-state index contributed by atoms with van der Waals surface area (Å²) in [4.78, 5) is 12.5. The van der Waals surface area contributed by atoms with Crippen LogP contribution in [0.5, 0.6) is 5.75 Å². The first kappa shape index (κ1) is 21.1. The topological polar surface area (TPSA) is 90.3 Å². The third-order valence-corrected chi connectivity index (χ3v) is 6.42. The van der Waals surface area contributed by atoms with Crippen molar-refractivity contribution in [3.8, 4) is 16.9 Å². The number of aromatic nitrogens is 2. The average Bonchev–Trinajstić information content (AvgIpc) is 3.35. The van der Waals surface area contributed by atoms with Crippen molar-refractivity contribution in [2.75, 3.05) is 12.8 Å². The molecule has 7 nitrogen and oxygen atoms in total. The van der Waals surface area contributed by atoms with Crippen LogP contribution in [0.3, 0.4) is 0 Å². The molecular formula is C23H25N3O4S. The predicted molar refractivity (Wildman–Crippen MR) is 118 cm³/mol. The molecule has 0 saturated heterocycles. The van der Waals surface area contributed by atoms with E-state index in [1.54, 1.807) is 28.9 Å². The molecule has 4 rings (SSSR count). The Balaban J connectivity index is 1.37. The number of fused-ring (bicyclic) bond motifs is 1. The second-order valence-electron chi connectivity index (χ2n) is 7.81. The van der Waals surface area contributed by atoms with Gasteiger partial charge in [0.25, 0.3) is 0 Å². The quantitative estimate of drug-likeness (QED) is 0.611. The van der Waals surface area contributed by atoms with E-state index in [-0.39, 0.29) is 16.9 Å². The summed E-state index contributed by atoms with van der Waals surface area (Å²) in [6.45, 7) is 2.89. The third kappa shape index (κ3) is 4.96. The van der Waals surface area contributed by atoms with E-state index in [0.717, 1.165) is 28.1 Å². The molecule has 1 amide bonds. The van der Waals surface area contributed by atoms with Gasteiger partial charge in [0.05, 0.1) is 17.1 Å². The van der Waals surface area contributed by atoms with Gasteiger partial charge in [-0.05, 0) is 36.2 Å². The summed E-state index contributed by atoms with van der Waals surface area (Å²) in [5.74, 6) is 0.755. The normalized spacial score (nSPS) is 15.4. The van der Waals surface area contributed by atoms with Gasteiger partial charge in [0, 0.05) is 37.4 Å². The van der Waals surface area contributed by atoms with Gasteiger partial charge < -0.3 is 10.1 Å². The monoisotopic (exact) mass is 439 g/mol. The number of amides is 1.